The van der Waals surface area contributed by atoms with E-state index in [0.717, 1.165) is 19.6 Å². The second-order valence-electron chi connectivity index (χ2n) is 6.16. The molecule has 0 saturated carbocycles. The highest BCUT2D eigenvalue weighted by molar-refractivity contribution is 5.83. The van der Waals surface area contributed by atoms with Gasteiger partial charge in [0.15, 0.2) is 0 Å². The van der Waals surface area contributed by atoms with E-state index in [1.54, 1.807) is 0 Å². The largest absolute Gasteiger partial charge is 0.359 e. The summed E-state index contributed by atoms with van der Waals surface area (Å²) in [6.45, 7) is 7.85. The maximum absolute atomic E-state index is 4.61. The zero-order valence-electron chi connectivity index (χ0n) is 14.0. The fourth-order valence-corrected chi connectivity index (χ4v) is 3.05. The zero-order chi connectivity index (χ0) is 14.5. The minimum atomic E-state index is 1.03. The second kappa shape index (κ2) is 12.2. The third kappa shape index (κ3) is 7.91. The molecule has 0 aromatic rings. The Morgan fingerprint density at radius 2 is 1.35 bits per heavy atom. The quantitative estimate of drug-likeness (QED) is 0.411. The molecule has 0 aliphatic carbocycles. The molecule has 1 rings (SSSR count). The summed E-state index contributed by atoms with van der Waals surface area (Å²) in [6, 6.07) is 0. The molecule has 1 heterocycles. The van der Waals surface area contributed by atoms with Gasteiger partial charge in [0.05, 0.1) is 12.4 Å². The van der Waals surface area contributed by atoms with E-state index in [4.69, 9.17) is 0 Å². The van der Waals surface area contributed by atoms with Gasteiger partial charge in [-0.05, 0) is 13.3 Å². The molecule has 0 saturated heterocycles. The van der Waals surface area contributed by atoms with E-state index in [-0.39, 0.29) is 0 Å². The third-order valence-corrected chi connectivity index (χ3v) is 4.41. The molecule has 0 aromatic heterocycles. The van der Waals surface area contributed by atoms with Gasteiger partial charge in [-0.15, -0.1) is 0 Å². The van der Waals surface area contributed by atoms with E-state index in [1.807, 2.05) is 0 Å². The number of nitrogens with zero attached hydrogens (tertiary/aromatic N) is 2. The van der Waals surface area contributed by atoms with Gasteiger partial charge in [0.1, 0.15) is 0 Å². The van der Waals surface area contributed by atoms with Crippen molar-refractivity contribution in [2.75, 3.05) is 19.6 Å². The lowest BCUT2D eigenvalue weighted by Gasteiger charge is -2.17. The van der Waals surface area contributed by atoms with E-state index in [2.05, 4.69) is 23.7 Å². The fourth-order valence-electron chi connectivity index (χ4n) is 3.05. The van der Waals surface area contributed by atoms with Crippen LogP contribution >= 0.6 is 0 Å². The third-order valence-electron chi connectivity index (χ3n) is 4.41. The molecule has 0 fully saturated rings. The highest BCUT2D eigenvalue weighted by Gasteiger charge is 2.13. The molecule has 0 unspecified atom stereocenters. The molecule has 20 heavy (non-hydrogen) atoms. The van der Waals surface area contributed by atoms with Crippen molar-refractivity contribution >= 4 is 5.84 Å². The van der Waals surface area contributed by atoms with E-state index in [1.165, 1.54) is 82.9 Å². The molecule has 0 atom stereocenters. The summed E-state index contributed by atoms with van der Waals surface area (Å²) in [5, 5.41) is 0. The second-order valence-corrected chi connectivity index (χ2v) is 6.16. The lowest BCUT2D eigenvalue weighted by atomic mass is 10.1. The van der Waals surface area contributed by atoms with Crippen LogP contribution < -0.4 is 0 Å². The lowest BCUT2D eigenvalue weighted by molar-refractivity contribution is 0.469. The van der Waals surface area contributed by atoms with Gasteiger partial charge in [0.2, 0.25) is 0 Å². The normalized spacial score (nSPS) is 14.9. The molecular formula is C18H36N2. The Morgan fingerprint density at radius 3 is 1.90 bits per heavy atom. The number of likely N-dealkylation sites (N-methyl/N-ethyl adjacent to an activating group) is 1. The van der Waals surface area contributed by atoms with Crippen molar-refractivity contribution < 1.29 is 0 Å². The Hall–Kier alpha value is -0.530. The van der Waals surface area contributed by atoms with Crippen molar-refractivity contribution in [2.24, 2.45) is 4.99 Å². The number of unbranched alkanes of at least 4 members (excludes halogenated alkanes) is 10. The molecule has 118 valence electrons. The van der Waals surface area contributed by atoms with Crippen molar-refractivity contribution in [1.29, 1.82) is 0 Å². The molecule has 1 aliphatic heterocycles. The van der Waals surface area contributed by atoms with Crippen LogP contribution in [0.25, 0.3) is 0 Å². The van der Waals surface area contributed by atoms with Crippen LogP contribution in [0.4, 0.5) is 0 Å². The standard InChI is InChI=1S/C18H36N2/c1-3-5-6-7-8-9-10-11-12-13-14-15-18-19-16-17-20(18)4-2/h3-17H2,1-2H3. The lowest BCUT2D eigenvalue weighted by Crippen LogP contribution is -2.27. The topological polar surface area (TPSA) is 15.6 Å². The molecule has 0 N–H and O–H groups in total. The van der Waals surface area contributed by atoms with Crippen molar-refractivity contribution in [3.63, 3.8) is 0 Å². The Bertz CT molecular complexity index is 248. The van der Waals surface area contributed by atoms with Gasteiger partial charge < -0.3 is 4.90 Å². The van der Waals surface area contributed by atoms with E-state index >= 15 is 0 Å². The summed E-state index contributed by atoms with van der Waals surface area (Å²) in [5.41, 5.74) is 0. The predicted octanol–water partition coefficient (Wildman–Crippen LogP) is 5.42. The summed E-state index contributed by atoms with van der Waals surface area (Å²) in [5.74, 6) is 1.38. The first kappa shape index (κ1) is 17.5. The number of hydrogen-bond acceptors (Lipinski definition) is 2. The van der Waals surface area contributed by atoms with Gasteiger partial charge in [-0.3, -0.25) is 4.99 Å². The van der Waals surface area contributed by atoms with Crippen LogP contribution in [-0.2, 0) is 0 Å². The van der Waals surface area contributed by atoms with Crippen LogP contribution in [0.15, 0.2) is 4.99 Å². The van der Waals surface area contributed by atoms with Crippen LogP contribution in [0.1, 0.15) is 90.9 Å². The predicted molar refractivity (Wildman–Crippen MR) is 90.6 cm³/mol. The number of hydrogen-bond donors (Lipinski definition) is 0. The van der Waals surface area contributed by atoms with E-state index in [9.17, 15) is 0 Å². The first-order valence-electron chi connectivity index (χ1n) is 9.16. The molecule has 0 amide bonds. The number of rotatable bonds is 13. The first-order valence-corrected chi connectivity index (χ1v) is 9.16. The van der Waals surface area contributed by atoms with Gasteiger partial charge in [-0.2, -0.15) is 0 Å². The first-order chi connectivity index (χ1) is 9.88. The average Bonchev–Trinajstić information content (AvgIpc) is 2.92. The Morgan fingerprint density at radius 1 is 0.800 bits per heavy atom. The van der Waals surface area contributed by atoms with Crippen molar-refractivity contribution in [1.82, 2.24) is 4.90 Å². The van der Waals surface area contributed by atoms with Crippen LogP contribution in [-0.4, -0.2) is 30.4 Å². The number of aliphatic imine (C=N–C) groups is 1. The molecular weight excluding hydrogens is 244 g/mol. The monoisotopic (exact) mass is 280 g/mol. The summed E-state index contributed by atoms with van der Waals surface area (Å²) >= 11 is 0. The fraction of sp³-hybridized carbons (Fsp3) is 0.944. The highest BCUT2D eigenvalue weighted by Crippen LogP contribution is 2.13. The molecule has 0 spiro atoms. The highest BCUT2D eigenvalue weighted by atomic mass is 15.2. The van der Waals surface area contributed by atoms with Crippen LogP contribution in [0.3, 0.4) is 0 Å². The Labute approximate surface area is 127 Å². The summed E-state index contributed by atoms with van der Waals surface area (Å²) in [7, 11) is 0. The average molecular weight is 280 g/mol. The molecule has 2 heteroatoms. The summed E-state index contributed by atoms with van der Waals surface area (Å²) in [4.78, 5) is 7.05. The minimum Gasteiger partial charge on any atom is -0.359 e. The molecule has 0 bridgehead atoms. The summed E-state index contributed by atoms with van der Waals surface area (Å²) < 4.78 is 0. The van der Waals surface area contributed by atoms with Crippen molar-refractivity contribution in [3.8, 4) is 0 Å². The molecule has 0 radical (unpaired) electrons. The molecule has 2 nitrogen and oxygen atoms in total. The van der Waals surface area contributed by atoms with Gasteiger partial charge >= 0.3 is 0 Å². The smallest absolute Gasteiger partial charge is 0.0990 e. The van der Waals surface area contributed by atoms with E-state index in [0.29, 0.717) is 0 Å². The number of amidine groups is 1. The maximum Gasteiger partial charge on any atom is 0.0990 e. The van der Waals surface area contributed by atoms with Gasteiger partial charge in [0, 0.05) is 19.5 Å². The molecule has 1 aliphatic rings. The molecule has 0 aromatic carbocycles. The summed E-state index contributed by atoms with van der Waals surface area (Å²) in [6.07, 6.45) is 16.9. The van der Waals surface area contributed by atoms with Crippen molar-refractivity contribution in [3.05, 3.63) is 0 Å². The maximum atomic E-state index is 4.61. The minimum absolute atomic E-state index is 1.03. The van der Waals surface area contributed by atoms with Crippen molar-refractivity contribution in [2.45, 2.75) is 90.9 Å². The van der Waals surface area contributed by atoms with E-state index < -0.39 is 0 Å². The Kier molecular flexibility index (Phi) is 10.7. The SMILES string of the molecule is CCCCCCCCCCCCCC1=NCCN1CC. The van der Waals surface area contributed by atoms with Gasteiger partial charge in [-0.25, -0.2) is 0 Å². The van der Waals surface area contributed by atoms with Gasteiger partial charge in [0.25, 0.3) is 0 Å². The van der Waals surface area contributed by atoms with Crippen LogP contribution in [0, 0.1) is 0 Å². The Balaban J connectivity index is 1.81. The van der Waals surface area contributed by atoms with Crippen LogP contribution in [0.2, 0.25) is 0 Å². The van der Waals surface area contributed by atoms with Gasteiger partial charge in [-0.1, -0.05) is 71.1 Å². The zero-order valence-corrected chi connectivity index (χ0v) is 14.0. The van der Waals surface area contributed by atoms with Crippen LogP contribution in [0.5, 0.6) is 0 Å².